The Morgan fingerprint density at radius 3 is 2.33 bits per heavy atom. The van der Waals surface area contributed by atoms with E-state index in [1.807, 2.05) is 20.9 Å². The predicted octanol–water partition coefficient (Wildman–Crippen LogP) is 2.56. The molecular weight excluding hydrogens is 364 g/mol. The van der Waals surface area contributed by atoms with E-state index in [4.69, 9.17) is 0 Å². The van der Waals surface area contributed by atoms with Gasteiger partial charge in [0.25, 0.3) is 0 Å². The molecule has 2 aromatic rings. The van der Waals surface area contributed by atoms with Gasteiger partial charge in [0.15, 0.2) is 0 Å². The first kappa shape index (κ1) is 21.1. The van der Waals surface area contributed by atoms with Crippen LogP contribution in [0.25, 0.3) is 0 Å². The Kier molecular flexibility index (Phi) is 6.43. The van der Waals surface area contributed by atoms with E-state index < -0.39 is 10.0 Å². The number of hydrogen-bond acceptors (Lipinski definition) is 4. The molecule has 7 nitrogen and oxygen atoms in total. The lowest BCUT2D eigenvalue weighted by Gasteiger charge is -2.20. The summed E-state index contributed by atoms with van der Waals surface area (Å²) in [6, 6.07) is 4.97. The highest BCUT2D eigenvalue weighted by atomic mass is 32.2. The summed E-state index contributed by atoms with van der Waals surface area (Å²) in [4.78, 5) is 12.7. The van der Waals surface area contributed by atoms with Gasteiger partial charge < -0.3 is 5.32 Å². The quantitative estimate of drug-likeness (QED) is 0.785. The maximum atomic E-state index is 12.8. The van der Waals surface area contributed by atoms with Crippen LogP contribution < -0.4 is 5.32 Å². The van der Waals surface area contributed by atoms with E-state index in [0.29, 0.717) is 24.3 Å². The van der Waals surface area contributed by atoms with Gasteiger partial charge in [-0.05, 0) is 38.5 Å². The Bertz CT molecular complexity index is 944. The van der Waals surface area contributed by atoms with Crippen molar-refractivity contribution in [2.45, 2.75) is 45.9 Å². The average Bonchev–Trinajstić information content (AvgIpc) is 2.83. The van der Waals surface area contributed by atoms with Crippen LogP contribution in [0.5, 0.6) is 0 Å². The molecule has 1 N–H and O–H groups in total. The number of amides is 1. The van der Waals surface area contributed by atoms with Crippen molar-refractivity contribution in [2.75, 3.05) is 18.4 Å². The van der Waals surface area contributed by atoms with Crippen LogP contribution in [0.15, 0.2) is 23.1 Å². The maximum absolute atomic E-state index is 12.8. The van der Waals surface area contributed by atoms with Gasteiger partial charge in [-0.1, -0.05) is 19.9 Å². The number of sulfonamides is 1. The first-order chi connectivity index (χ1) is 12.6. The van der Waals surface area contributed by atoms with E-state index in [2.05, 4.69) is 10.4 Å². The Morgan fingerprint density at radius 2 is 1.81 bits per heavy atom. The Hall–Kier alpha value is -2.19. The van der Waals surface area contributed by atoms with Gasteiger partial charge in [-0.25, -0.2) is 8.42 Å². The normalized spacial score (nSPS) is 11.8. The van der Waals surface area contributed by atoms with Gasteiger partial charge in [-0.15, -0.1) is 0 Å². The second kappa shape index (κ2) is 8.22. The van der Waals surface area contributed by atoms with Crippen molar-refractivity contribution in [2.24, 2.45) is 7.05 Å². The van der Waals surface area contributed by atoms with Crippen molar-refractivity contribution < 1.29 is 13.2 Å². The minimum atomic E-state index is -3.59. The third kappa shape index (κ3) is 4.39. The molecule has 148 valence electrons. The van der Waals surface area contributed by atoms with E-state index in [1.165, 1.54) is 10.4 Å². The standard InChI is InChI=1S/C19H28N4O3S/c1-7-23(8-2)27(25,26)18-11-16(10-9-13(18)3)20-19(24)12-17-14(4)21-22(6)15(17)5/h9-11H,7-8,12H2,1-6H3,(H,20,24). The number of hydrogen-bond donors (Lipinski definition) is 1. The summed E-state index contributed by atoms with van der Waals surface area (Å²) >= 11 is 0. The van der Waals surface area contributed by atoms with Gasteiger partial charge in [0, 0.05) is 37.1 Å². The number of aromatic nitrogens is 2. The van der Waals surface area contributed by atoms with Crippen LogP contribution in [0.2, 0.25) is 0 Å². The molecule has 0 bridgehead atoms. The van der Waals surface area contributed by atoms with Crippen LogP contribution in [-0.4, -0.2) is 41.5 Å². The monoisotopic (exact) mass is 392 g/mol. The number of nitrogens with one attached hydrogen (secondary N) is 1. The zero-order chi connectivity index (χ0) is 20.4. The number of carbonyl (C=O) groups is 1. The number of carbonyl (C=O) groups excluding carboxylic acids is 1. The maximum Gasteiger partial charge on any atom is 0.243 e. The molecule has 2 rings (SSSR count). The molecule has 27 heavy (non-hydrogen) atoms. The van der Waals surface area contributed by atoms with Gasteiger partial charge in [0.2, 0.25) is 15.9 Å². The topological polar surface area (TPSA) is 84.3 Å². The van der Waals surface area contributed by atoms with Crippen molar-refractivity contribution in [1.82, 2.24) is 14.1 Å². The zero-order valence-corrected chi connectivity index (χ0v) is 17.6. The second-order valence-electron chi connectivity index (χ2n) is 6.57. The van der Waals surface area contributed by atoms with Crippen molar-refractivity contribution in [3.63, 3.8) is 0 Å². The first-order valence-corrected chi connectivity index (χ1v) is 10.5. The number of rotatable bonds is 7. The summed E-state index contributed by atoms with van der Waals surface area (Å²) in [5.41, 5.74) is 3.77. The molecular formula is C19H28N4O3S. The summed E-state index contributed by atoms with van der Waals surface area (Å²) < 4.78 is 28.8. The molecule has 0 aliphatic carbocycles. The second-order valence-corrected chi connectivity index (χ2v) is 8.47. The highest BCUT2D eigenvalue weighted by Crippen LogP contribution is 2.24. The molecule has 8 heteroatoms. The van der Waals surface area contributed by atoms with Gasteiger partial charge in [0.05, 0.1) is 17.0 Å². The highest BCUT2D eigenvalue weighted by molar-refractivity contribution is 7.89. The van der Waals surface area contributed by atoms with Crippen LogP contribution in [-0.2, 0) is 28.3 Å². The molecule has 0 aliphatic heterocycles. The number of nitrogens with zero attached hydrogens (tertiary/aromatic N) is 3. The van der Waals surface area contributed by atoms with Crippen molar-refractivity contribution in [3.05, 3.63) is 40.7 Å². The minimum absolute atomic E-state index is 0.192. The average molecular weight is 393 g/mol. The van der Waals surface area contributed by atoms with Crippen LogP contribution in [0.1, 0.15) is 36.4 Å². The molecule has 0 saturated heterocycles. The minimum Gasteiger partial charge on any atom is -0.326 e. The van der Waals surface area contributed by atoms with E-state index in [0.717, 1.165) is 17.0 Å². The molecule has 1 heterocycles. The summed E-state index contributed by atoms with van der Waals surface area (Å²) in [5, 5.41) is 7.13. The first-order valence-electron chi connectivity index (χ1n) is 9.01. The lowest BCUT2D eigenvalue weighted by atomic mass is 10.1. The lowest BCUT2D eigenvalue weighted by Crippen LogP contribution is -2.31. The fourth-order valence-electron chi connectivity index (χ4n) is 3.10. The van der Waals surface area contributed by atoms with Crippen LogP contribution in [0.3, 0.4) is 0 Å². The van der Waals surface area contributed by atoms with Crippen molar-refractivity contribution in [3.8, 4) is 0 Å². The smallest absolute Gasteiger partial charge is 0.243 e. The van der Waals surface area contributed by atoms with Crippen molar-refractivity contribution >= 4 is 21.6 Å². The molecule has 0 radical (unpaired) electrons. The molecule has 0 unspecified atom stereocenters. The Labute approximate surface area is 161 Å². The van der Waals surface area contributed by atoms with Crippen molar-refractivity contribution in [1.29, 1.82) is 0 Å². The van der Waals surface area contributed by atoms with E-state index in [1.54, 1.807) is 37.6 Å². The Morgan fingerprint density at radius 1 is 1.19 bits per heavy atom. The van der Waals surface area contributed by atoms with Crippen LogP contribution >= 0.6 is 0 Å². The van der Waals surface area contributed by atoms with Gasteiger partial charge >= 0.3 is 0 Å². The summed E-state index contributed by atoms with van der Waals surface area (Å²) in [6.45, 7) is 9.95. The number of benzene rings is 1. The fourth-order valence-corrected chi connectivity index (χ4v) is 4.81. The number of aryl methyl sites for hydroxylation is 3. The van der Waals surface area contributed by atoms with E-state index in [9.17, 15) is 13.2 Å². The van der Waals surface area contributed by atoms with E-state index >= 15 is 0 Å². The van der Waals surface area contributed by atoms with Crippen LogP contribution in [0.4, 0.5) is 5.69 Å². The molecule has 0 fully saturated rings. The number of anilines is 1. The highest BCUT2D eigenvalue weighted by Gasteiger charge is 2.24. The van der Waals surface area contributed by atoms with E-state index in [-0.39, 0.29) is 17.2 Å². The molecule has 0 atom stereocenters. The lowest BCUT2D eigenvalue weighted by molar-refractivity contribution is -0.115. The van der Waals surface area contributed by atoms with Crippen LogP contribution in [0, 0.1) is 20.8 Å². The molecule has 1 aromatic carbocycles. The summed E-state index contributed by atoms with van der Waals surface area (Å²) in [6.07, 6.45) is 0.192. The molecule has 0 aliphatic rings. The SMILES string of the molecule is CCN(CC)S(=O)(=O)c1cc(NC(=O)Cc2c(C)nn(C)c2C)ccc1C. The van der Waals surface area contributed by atoms with Gasteiger partial charge in [0.1, 0.15) is 0 Å². The van der Waals surface area contributed by atoms with Gasteiger partial charge in [-0.2, -0.15) is 9.40 Å². The third-order valence-corrected chi connectivity index (χ3v) is 6.98. The summed E-state index contributed by atoms with van der Waals surface area (Å²) in [5.74, 6) is -0.204. The molecule has 1 amide bonds. The molecule has 1 aromatic heterocycles. The molecule has 0 spiro atoms. The van der Waals surface area contributed by atoms with Gasteiger partial charge in [-0.3, -0.25) is 9.48 Å². The largest absolute Gasteiger partial charge is 0.326 e. The fraction of sp³-hybridized carbons (Fsp3) is 0.474. The molecule has 0 saturated carbocycles. The summed E-state index contributed by atoms with van der Waals surface area (Å²) in [7, 11) is -1.75. The predicted molar refractivity (Wildman–Crippen MR) is 106 cm³/mol. The third-order valence-electron chi connectivity index (χ3n) is 4.79. The zero-order valence-electron chi connectivity index (χ0n) is 16.8. The Balaban J connectivity index is 2.27.